The van der Waals surface area contributed by atoms with Crippen molar-refractivity contribution >= 4 is 11.9 Å². The molecular formula is C19H32N4O3. The number of carboxylic acids is 1. The van der Waals surface area contributed by atoms with E-state index in [4.69, 9.17) is 0 Å². The second kappa shape index (κ2) is 9.62. The third-order valence-electron chi connectivity index (χ3n) is 6.30. The summed E-state index contributed by atoms with van der Waals surface area (Å²) in [5, 5.41) is 16.3. The van der Waals surface area contributed by atoms with Crippen LogP contribution in [0.3, 0.4) is 0 Å². The number of carboxylic acid groups (broad SMARTS) is 1. The number of piperazine rings is 1. The minimum Gasteiger partial charge on any atom is -0.477 e. The molecule has 3 aliphatic heterocycles. The Bertz CT molecular complexity index is 515. The van der Waals surface area contributed by atoms with Crippen LogP contribution in [-0.4, -0.2) is 91.3 Å². The number of hydrogen-bond donors (Lipinski definition) is 3. The van der Waals surface area contributed by atoms with Crippen molar-refractivity contribution in [1.29, 1.82) is 0 Å². The number of rotatable bonds is 6. The summed E-state index contributed by atoms with van der Waals surface area (Å²) in [7, 11) is 0. The summed E-state index contributed by atoms with van der Waals surface area (Å²) in [6.45, 7) is 7.71. The molecule has 0 aliphatic carbocycles. The van der Waals surface area contributed by atoms with E-state index in [9.17, 15) is 14.7 Å². The number of aliphatic carboxylic acids is 1. The average molecular weight is 364 g/mol. The van der Waals surface area contributed by atoms with E-state index in [1.807, 2.05) is 0 Å². The highest BCUT2D eigenvalue weighted by Crippen LogP contribution is 2.26. The van der Waals surface area contributed by atoms with E-state index in [1.54, 1.807) is 5.94 Å². The Morgan fingerprint density at radius 2 is 1.58 bits per heavy atom. The normalized spacial score (nSPS) is 25.5. The second-order valence-electron chi connectivity index (χ2n) is 7.82. The van der Waals surface area contributed by atoms with Crippen LogP contribution in [0.5, 0.6) is 0 Å². The number of nitrogens with one attached hydrogen (secondary N) is 2. The van der Waals surface area contributed by atoms with Gasteiger partial charge in [-0.3, -0.25) is 9.80 Å². The minimum atomic E-state index is -1.11. The first kappa shape index (κ1) is 19.5. The van der Waals surface area contributed by atoms with Gasteiger partial charge in [0.15, 0.2) is 0 Å². The molecule has 0 radical (unpaired) electrons. The van der Waals surface area contributed by atoms with E-state index in [0.717, 1.165) is 71.6 Å². The van der Waals surface area contributed by atoms with Gasteiger partial charge in [-0.05, 0) is 64.2 Å². The van der Waals surface area contributed by atoms with Gasteiger partial charge < -0.3 is 15.7 Å². The first-order chi connectivity index (χ1) is 12.7. The smallest absolute Gasteiger partial charge is 0.344 e. The van der Waals surface area contributed by atoms with E-state index in [1.165, 1.54) is 12.8 Å². The summed E-state index contributed by atoms with van der Waals surface area (Å²) >= 11 is 0. The molecule has 146 valence electrons. The van der Waals surface area contributed by atoms with E-state index in [2.05, 4.69) is 20.4 Å². The van der Waals surface area contributed by atoms with Gasteiger partial charge in [0.05, 0.1) is 6.04 Å². The molecular weight excluding hydrogens is 332 g/mol. The molecule has 3 fully saturated rings. The third-order valence-corrected chi connectivity index (χ3v) is 6.30. The SMILES string of the molecule is O=C=C(C(=O)O)C(CC1CCNCC1)N1CCN(C2CCNCC2)CC1. The van der Waals surface area contributed by atoms with Gasteiger partial charge >= 0.3 is 5.97 Å². The monoisotopic (exact) mass is 364 g/mol. The summed E-state index contributed by atoms with van der Waals surface area (Å²) in [4.78, 5) is 27.8. The van der Waals surface area contributed by atoms with Gasteiger partial charge in [0.25, 0.3) is 0 Å². The molecule has 1 unspecified atom stereocenters. The van der Waals surface area contributed by atoms with E-state index >= 15 is 0 Å². The fraction of sp³-hybridized carbons (Fsp3) is 0.842. The van der Waals surface area contributed by atoms with Gasteiger partial charge in [-0.25, -0.2) is 9.59 Å². The highest BCUT2D eigenvalue weighted by molar-refractivity contribution is 5.96. The van der Waals surface area contributed by atoms with Gasteiger partial charge in [0.1, 0.15) is 11.5 Å². The Hall–Kier alpha value is -1.24. The Morgan fingerprint density at radius 3 is 2.12 bits per heavy atom. The second-order valence-corrected chi connectivity index (χ2v) is 7.82. The third kappa shape index (κ3) is 4.93. The molecule has 0 saturated carbocycles. The van der Waals surface area contributed by atoms with Crippen LogP contribution in [-0.2, 0) is 9.59 Å². The number of hydrogen-bond acceptors (Lipinski definition) is 6. The summed E-state index contributed by atoms with van der Waals surface area (Å²) in [5.74, 6) is 1.12. The zero-order valence-corrected chi connectivity index (χ0v) is 15.6. The molecule has 0 aromatic heterocycles. The fourth-order valence-corrected chi connectivity index (χ4v) is 4.72. The van der Waals surface area contributed by atoms with E-state index < -0.39 is 5.97 Å². The summed E-state index contributed by atoms with van der Waals surface area (Å²) < 4.78 is 0. The average Bonchev–Trinajstić information content (AvgIpc) is 2.69. The Balaban J connectivity index is 1.62. The molecule has 3 rings (SSSR count). The van der Waals surface area contributed by atoms with Crippen molar-refractivity contribution < 1.29 is 14.7 Å². The number of piperidine rings is 2. The molecule has 0 bridgehead atoms. The van der Waals surface area contributed by atoms with Gasteiger partial charge in [-0.2, -0.15) is 0 Å². The van der Waals surface area contributed by atoms with Crippen molar-refractivity contribution in [3.8, 4) is 0 Å². The molecule has 3 N–H and O–H groups in total. The zero-order valence-electron chi connectivity index (χ0n) is 15.6. The van der Waals surface area contributed by atoms with Crippen LogP contribution in [0.25, 0.3) is 0 Å². The highest BCUT2D eigenvalue weighted by Gasteiger charge is 2.34. The lowest BCUT2D eigenvalue weighted by molar-refractivity contribution is -0.133. The maximum absolute atomic E-state index is 11.6. The molecule has 3 heterocycles. The fourth-order valence-electron chi connectivity index (χ4n) is 4.72. The maximum atomic E-state index is 11.6. The Labute approximate surface area is 155 Å². The lowest BCUT2D eigenvalue weighted by atomic mass is 9.87. The molecule has 0 spiro atoms. The molecule has 3 saturated heterocycles. The van der Waals surface area contributed by atoms with Gasteiger partial charge in [0, 0.05) is 32.2 Å². The van der Waals surface area contributed by atoms with Crippen LogP contribution < -0.4 is 10.6 Å². The number of carbonyl (C=O) groups is 1. The van der Waals surface area contributed by atoms with Crippen molar-refractivity contribution in [3.05, 3.63) is 5.57 Å². The first-order valence-corrected chi connectivity index (χ1v) is 10.1. The van der Waals surface area contributed by atoms with Crippen LogP contribution in [0.15, 0.2) is 5.57 Å². The maximum Gasteiger partial charge on any atom is 0.344 e. The van der Waals surface area contributed by atoms with Crippen LogP contribution in [0.4, 0.5) is 0 Å². The van der Waals surface area contributed by atoms with Crippen LogP contribution in [0.2, 0.25) is 0 Å². The Kier molecular flexibility index (Phi) is 7.23. The van der Waals surface area contributed by atoms with E-state index in [0.29, 0.717) is 12.0 Å². The summed E-state index contributed by atoms with van der Waals surface area (Å²) in [5.41, 5.74) is -0.0844. The quantitative estimate of drug-likeness (QED) is 0.450. The van der Waals surface area contributed by atoms with Gasteiger partial charge in [0.2, 0.25) is 0 Å². The van der Waals surface area contributed by atoms with Crippen molar-refractivity contribution in [2.75, 3.05) is 52.4 Å². The lowest BCUT2D eigenvalue weighted by Crippen LogP contribution is -2.56. The van der Waals surface area contributed by atoms with Crippen molar-refractivity contribution in [1.82, 2.24) is 20.4 Å². The first-order valence-electron chi connectivity index (χ1n) is 10.1. The molecule has 26 heavy (non-hydrogen) atoms. The van der Waals surface area contributed by atoms with Gasteiger partial charge in [-0.1, -0.05) is 0 Å². The molecule has 0 aromatic carbocycles. The molecule has 0 amide bonds. The van der Waals surface area contributed by atoms with Crippen molar-refractivity contribution in [2.24, 2.45) is 5.92 Å². The van der Waals surface area contributed by atoms with Crippen molar-refractivity contribution in [2.45, 2.75) is 44.2 Å². The van der Waals surface area contributed by atoms with Crippen LogP contribution in [0, 0.1) is 5.92 Å². The van der Waals surface area contributed by atoms with Crippen LogP contribution in [0.1, 0.15) is 32.1 Å². The standard InChI is InChI=1S/C19H32N4O3/c24-14-17(19(25)26)18(13-15-1-5-20-6-2-15)23-11-9-22(10-12-23)16-3-7-21-8-4-16/h15-16,18,20-21H,1-13H2,(H,25,26). The predicted molar refractivity (Wildman–Crippen MR) is 99.9 cm³/mol. The van der Waals surface area contributed by atoms with E-state index in [-0.39, 0.29) is 11.6 Å². The minimum absolute atomic E-state index is 0.0844. The topological polar surface area (TPSA) is 84.9 Å². The molecule has 0 aromatic rings. The van der Waals surface area contributed by atoms with Crippen LogP contribution >= 0.6 is 0 Å². The summed E-state index contributed by atoms with van der Waals surface area (Å²) in [6, 6.07) is 0.338. The molecule has 7 heteroatoms. The number of nitrogens with zero attached hydrogens (tertiary/aromatic N) is 2. The Morgan fingerprint density at radius 1 is 1.00 bits per heavy atom. The summed E-state index contributed by atoms with van der Waals surface area (Å²) in [6.07, 6.45) is 5.24. The molecule has 1 atom stereocenters. The van der Waals surface area contributed by atoms with Crippen molar-refractivity contribution in [3.63, 3.8) is 0 Å². The number of carbonyl (C=O) groups excluding carboxylic acids is 1. The lowest BCUT2D eigenvalue weighted by Gasteiger charge is -2.44. The highest BCUT2D eigenvalue weighted by atomic mass is 16.4. The largest absolute Gasteiger partial charge is 0.477 e. The molecule has 7 nitrogen and oxygen atoms in total. The zero-order chi connectivity index (χ0) is 18.4. The molecule has 3 aliphatic rings. The predicted octanol–water partition coefficient (Wildman–Crippen LogP) is -0.0431. The van der Waals surface area contributed by atoms with Gasteiger partial charge in [-0.15, -0.1) is 0 Å².